The van der Waals surface area contributed by atoms with Crippen LogP contribution in [0.2, 0.25) is 0 Å². The Morgan fingerprint density at radius 2 is 1.73 bits per heavy atom. The first kappa shape index (κ1) is 29.2. The molecule has 0 aliphatic heterocycles. The summed E-state index contributed by atoms with van der Waals surface area (Å²) in [7, 11) is 4.50. The molecule has 2 aromatic rings. The van der Waals surface area contributed by atoms with E-state index in [-0.39, 0.29) is 62.9 Å². The second kappa shape index (κ2) is 15.1. The third-order valence-electron chi connectivity index (χ3n) is 4.82. The normalized spacial score (nSPS) is 11.1. The van der Waals surface area contributed by atoms with E-state index in [9.17, 15) is 14.8 Å². The van der Waals surface area contributed by atoms with Crippen LogP contribution in [0.5, 0.6) is 17.2 Å². The summed E-state index contributed by atoms with van der Waals surface area (Å²) in [5.74, 6) is 0.404. The zero-order valence-electron chi connectivity index (χ0n) is 19.2. The number of carbonyl (C=O) groups is 2. The summed E-state index contributed by atoms with van der Waals surface area (Å²) in [5, 5.41) is 13.4. The van der Waals surface area contributed by atoms with Crippen LogP contribution in [0, 0.1) is 44.1 Å². The molecule has 0 saturated heterocycles. The molecule has 0 aliphatic rings. The second-order valence-corrected chi connectivity index (χ2v) is 7.07. The molecular weight excluding hydrogens is 641 g/mol. The molecule has 1 radical (unpaired) electrons. The van der Waals surface area contributed by atoms with Gasteiger partial charge in [-0.1, -0.05) is 36.4 Å². The largest absolute Gasteiger partial charge is 0.666 e. The van der Waals surface area contributed by atoms with Gasteiger partial charge in [0.15, 0.2) is 0 Å². The number of hydroxylamine groups is 2. The fourth-order valence-corrected chi connectivity index (χ4v) is 3.09. The van der Waals surface area contributed by atoms with E-state index in [0.717, 1.165) is 5.56 Å². The molecule has 0 aliphatic carbocycles. The number of nitrogens with one attached hydrogen (secondary N) is 2. The van der Waals surface area contributed by atoms with Gasteiger partial charge in [-0.25, -0.2) is 5.06 Å². The van der Waals surface area contributed by atoms with Crippen LogP contribution in [0.1, 0.15) is 24.0 Å². The Labute approximate surface area is 230 Å². The Kier molecular flexibility index (Phi) is 13.4. The van der Waals surface area contributed by atoms with Crippen molar-refractivity contribution in [3.63, 3.8) is 0 Å². The van der Waals surface area contributed by atoms with E-state index in [0.29, 0.717) is 47.3 Å². The average Bonchev–Trinajstić information content (AvgIpc) is 2.81. The first-order valence-electron chi connectivity index (χ1n) is 10.2. The number of ether oxygens (including phenoxy) is 3. The Bertz CT molecular complexity index is 872. The number of hydrogen-bond donors (Lipinski definition) is 2. The number of carbonyl (C=O) groups excluding carboxylic acids is 2. The van der Waals surface area contributed by atoms with Crippen LogP contribution in [0.15, 0.2) is 42.5 Å². The Morgan fingerprint density at radius 1 is 1.12 bits per heavy atom. The first-order valence-corrected chi connectivity index (χ1v) is 10.2. The van der Waals surface area contributed by atoms with Crippen molar-refractivity contribution >= 4 is 11.8 Å². The maximum Gasteiger partial charge on any atom is 0.228 e. The minimum Gasteiger partial charge on any atom is -0.666 e. The van der Waals surface area contributed by atoms with E-state index >= 15 is 0 Å². The van der Waals surface area contributed by atoms with Crippen LogP contribution < -0.4 is 19.5 Å². The molecule has 177 valence electrons. The SMILES string of the molecule is CNC(=O)CCCOc1cc(OC)c(CN(O)C(=O)[C@@H]([NH-])Cc2ccccc2)c(OC)c1.[Ac]. The summed E-state index contributed by atoms with van der Waals surface area (Å²) in [6, 6.07) is 11.3. The van der Waals surface area contributed by atoms with Gasteiger partial charge in [0.05, 0.1) is 32.9 Å². The maximum absolute atomic E-state index is 12.5. The molecule has 0 bridgehead atoms. The standard InChI is InChI=1S/C23H30N3O6.Ac/c1-25-22(27)10-7-11-32-17-13-20(30-2)18(21(14-17)31-3)15-26(29)23(28)19(24)12-16-8-5-4-6-9-16;/h4-6,8-9,13-14,19,24,29H,7,10-12,15H2,1-3H3,(H,25,27);/q-1;/t19-;/m0./s1. The minimum atomic E-state index is -1.15. The van der Waals surface area contributed by atoms with Gasteiger partial charge in [0.25, 0.3) is 0 Å². The van der Waals surface area contributed by atoms with Crippen molar-refractivity contribution in [2.75, 3.05) is 27.9 Å². The predicted molar refractivity (Wildman–Crippen MR) is 119 cm³/mol. The van der Waals surface area contributed by atoms with Crippen molar-refractivity contribution in [3.8, 4) is 17.2 Å². The van der Waals surface area contributed by atoms with Gasteiger partial charge < -0.3 is 25.3 Å². The van der Waals surface area contributed by atoms with Crippen LogP contribution in [0.3, 0.4) is 0 Å². The summed E-state index contributed by atoms with van der Waals surface area (Å²) in [6.45, 7) is 0.107. The van der Waals surface area contributed by atoms with Gasteiger partial charge in [0, 0.05) is 69.7 Å². The van der Waals surface area contributed by atoms with E-state index < -0.39 is 11.9 Å². The monoisotopic (exact) mass is 671 g/mol. The maximum atomic E-state index is 12.5. The van der Waals surface area contributed by atoms with Crippen molar-refractivity contribution in [1.29, 1.82) is 0 Å². The van der Waals surface area contributed by atoms with Gasteiger partial charge in [-0.3, -0.25) is 14.8 Å². The average molecular weight is 672 g/mol. The zero-order chi connectivity index (χ0) is 23.5. The molecule has 1 atom stereocenters. The number of nitrogens with zero attached hydrogens (tertiary/aromatic N) is 1. The molecule has 0 heterocycles. The summed E-state index contributed by atoms with van der Waals surface area (Å²) in [5.41, 5.74) is 9.39. The number of hydrogen-bond acceptors (Lipinski definition) is 6. The number of methoxy groups -OCH3 is 2. The van der Waals surface area contributed by atoms with Gasteiger partial charge in [0.2, 0.25) is 11.8 Å². The summed E-state index contributed by atoms with van der Waals surface area (Å²) in [4.78, 5) is 23.8. The molecule has 2 aromatic carbocycles. The Hall–Kier alpha value is -1.86. The number of benzene rings is 2. The molecular formula is C23H30AcN3O6-. The molecule has 33 heavy (non-hydrogen) atoms. The number of rotatable bonds is 12. The van der Waals surface area contributed by atoms with Crippen molar-refractivity contribution in [1.82, 2.24) is 10.4 Å². The van der Waals surface area contributed by atoms with Crippen LogP contribution in [-0.4, -0.2) is 56.0 Å². The Morgan fingerprint density at radius 3 is 2.27 bits per heavy atom. The quantitative estimate of drug-likeness (QED) is 0.204. The van der Waals surface area contributed by atoms with E-state index in [4.69, 9.17) is 19.9 Å². The topological polar surface area (TPSA) is 121 Å². The van der Waals surface area contributed by atoms with E-state index in [1.54, 1.807) is 19.2 Å². The molecule has 9 nitrogen and oxygen atoms in total. The first-order chi connectivity index (χ1) is 15.4. The van der Waals surface area contributed by atoms with Crippen molar-refractivity contribution in [3.05, 3.63) is 59.3 Å². The summed E-state index contributed by atoms with van der Waals surface area (Å²) in [6.07, 6.45) is 1.08. The van der Waals surface area contributed by atoms with Crippen LogP contribution >= 0.6 is 0 Å². The molecule has 2 amide bonds. The molecule has 0 aromatic heterocycles. The van der Waals surface area contributed by atoms with Crippen molar-refractivity contribution in [2.45, 2.75) is 31.8 Å². The predicted octanol–water partition coefficient (Wildman–Crippen LogP) is 2.99. The van der Waals surface area contributed by atoms with Gasteiger partial charge in [-0.05, 0) is 18.4 Å². The molecule has 0 saturated carbocycles. The van der Waals surface area contributed by atoms with Crippen LogP contribution in [-0.2, 0) is 22.6 Å². The van der Waals surface area contributed by atoms with Gasteiger partial charge in [0.1, 0.15) is 17.2 Å². The van der Waals surface area contributed by atoms with E-state index in [1.807, 2.05) is 30.3 Å². The van der Waals surface area contributed by atoms with Gasteiger partial charge in [-0.15, -0.1) is 0 Å². The molecule has 10 heteroatoms. The molecule has 0 unspecified atom stereocenters. The van der Waals surface area contributed by atoms with Crippen molar-refractivity contribution in [2.24, 2.45) is 0 Å². The zero-order valence-corrected chi connectivity index (χ0v) is 23.9. The fourth-order valence-electron chi connectivity index (χ4n) is 3.09. The third-order valence-corrected chi connectivity index (χ3v) is 4.82. The van der Waals surface area contributed by atoms with Crippen molar-refractivity contribution < 1.29 is 73.1 Å². The third kappa shape index (κ3) is 9.13. The number of amides is 2. The van der Waals surface area contributed by atoms with Gasteiger partial charge in [-0.2, -0.15) is 0 Å². The smallest absolute Gasteiger partial charge is 0.228 e. The van der Waals surface area contributed by atoms with Gasteiger partial charge >= 0.3 is 0 Å². The molecule has 2 rings (SSSR count). The second-order valence-electron chi connectivity index (χ2n) is 7.07. The molecule has 3 N–H and O–H groups in total. The fraction of sp³-hybridized carbons (Fsp3) is 0.391. The molecule has 0 fully saturated rings. The van der Waals surface area contributed by atoms with E-state index in [2.05, 4.69) is 5.32 Å². The Balaban J connectivity index is 0.00000544. The van der Waals surface area contributed by atoms with E-state index in [1.165, 1.54) is 14.2 Å². The minimum absolute atomic E-state index is 0. The van der Waals surface area contributed by atoms with Crippen LogP contribution in [0.25, 0.3) is 5.73 Å². The molecule has 0 spiro atoms. The summed E-state index contributed by atoms with van der Waals surface area (Å²) >= 11 is 0. The van der Waals surface area contributed by atoms with Crippen LogP contribution in [0.4, 0.5) is 0 Å². The summed E-state index contributed by atoms with van der Waals surface area (Å²) < 4.78 is 16.5.